The molecule has 0 bridgehead atoms. The van der Waals surface area contributed by atoms with Crippen molar-refractivity contribution in [2.24, 2.45) is 0 Å². The second kappa shape index (κ2) is 3.40. The van der Waals surface area contributed by atoms with E-state index in [0.717, 1.165) is 11.8 Å². The molecule has 0 aromatic rings. The summed E-state index contributed by atoms with van der Waals surface area (Å²) in [6.45, 7) is 0.927. The van der Waals surface area contributed by atoms with E-state index in [-0.39, 0.29) is 0 Å². The van der Waals surface area contributed by atoms with Gasteiger partial charge in [0, 0.05) is 7.05 Å². The van der Waals surface area contributed by atoms with Gasteiger partial charge in [-0.3, -0.25) is 5.43 Å². The van der Waals surface area contributed by atoms with Crippen molar-refractivity contribution in [2.75, 3.05) is 19.5 Å². The average molecular weight is 203 g/mol. The molecule has 0 amide bonds. The first-order valence-corrected chi connectivity index (χ1v) is 5.63. The summed E-state index contributed by atoms with van der Waals surface area (Å²) in [7, 11) is 2.02. The number of hydrogen-bond donors (Lipinski definition) is 1. The average Bonchev–Trinajstić information content (AvgIpc) is 2.58. The molecule has 1 unspecified atom stereocenters. The Hall–Kier alpha value is -0.0000000000000000555. The second-order valence-corrected chi connectivity index (χ2v) is 4.87. The molecule has 0 spiro atoms. The minimum atomic E-state index is 0.620. The molecule has 0 aliphatic carbocycles. The first-order chi connectivity index (χ1) is 5.77. The first-order valence-electron chi connectivity index (χ1n) is 4.17. The lowest BCUT2D eigenvalue weighted by Crippen LogP contribution is -2.34. The summed E-state index contributed by atoms with van der Waals surface area (Å²) in [4.78, 5) is 2.27. The quantitative estimate of drug-likeness (QED) is 0.635. The van der Waals surface area contributed by atoms with Crippen molar-refractivity contribution in [2.45, 2.75) is 18.2 Å². The molecule has 0 aromatic heterocycles. The standard InChI is InChI=1S/C7H13N3S2/c1-9-5-10(7(11)8-9)6-3-2-4-12-6/h6H,2-5H2,1H3,(H,8,11). The van der Waals surface area contributed by atoms with Crippen molar-refractivity contribution in [1.29, 1.82) is 0 Å². The van der Waals surface area contributed by atoms with E-state index in [4.69, 9.17) is 12.2 Å². The highest BCUT2D eigenvalue weighted by molar-refractivity contribution is 8.00. The van der Waals surface area contributed by atoms with Crippen LogP contribution in [0.3, 0.4) is 0 Å². The van der Waals surface area contributed by atoms with Crippen molar-refractivity contribution in [1.82, 2.24) is 15.3 Å². The Kier molecular flexibility index (Phi) is 2.43. The van der Waals surface area contributed by atoms with Gasteiger partial charge in [0.25, 0.3) is 0 Å². The van der Waals surface area contributed by atoms with Crippen LogP contribution < -0.4 is 5.43 Å². The molecule has 0 aromatic carbocycles. The molecule has 3 nitrogen and oxygen atoms in total. The van der Waals surface area contributed by atoms with Gasteiger partial charge >= 0.3 is 0 Å². The fourth-order valence-corrected chi connectivity index (χ4v) is 3.28. The first kappa shape index (κ1) is 8.59. The summed E-state index contributed by atoms with van der Waals surface area (Å²) in [6.07, 6.45) is 2.61. The Balaban J connectivity index is 1.98. The molecule has 1 N–H and O–H groups in total. The van der Waals surface area contributed by atoms with E-state index in [0.29, 0.717) is 5.37 Å². The predicted octanol–water partition coefficient (Wildman–Crippen LogP) is 0.834. The second-order valence-electron chi connectivity index (χ2n) is 3.19. The zero-order valence-corrected chi connectivity index (χ0v) is 8.75. The van der Waals surface area contributed by atoms with Crippen LogP contribution in [0.4, 0.5) is 0 Å². The third-order valence-electron chi connectivity index (χ3n) is 2.17. The maximum Gasteiger partial charge on any atom is 0.185 e. The predicted molar refractivity (Wildman–Crippen MR) is 55.7 cm³/mol. The van der Waals surface area contributed by atoms with Gasteiger partial charge in [0.2, 0.25) is 0 Å². The lowest BCUT2D eigenvalue weighted by atomic mass is 10.3. The van der Waals surface area contributed by atoms with Crippen molar-refractivity contribution in [3.8, 4) is 0 Å². The molecule has 2 heterocycles. The van der Waals surface area contributed by atoms with E-state index in [9.17, 15) is 0 Å². The lowest BCUT2D eigenvalue weighted by molar-refractivity contribution is 0.255. The monoisotopic (exact) mass is 203 g/mol. The Morgan fingerprint density at radius 2 is 2.50 bits per heavy atom. The van der Waals surface area contributed by atoms with Gasteiger partial charge in [-0.2, -0.15) is 0 Å². The van der Waals surface area contributed by atoms with Crippen LogP contribution in [-0.4, -0.2) is 39.9 Å². The molecule has 0 radical (unpaired) electrons. The Bertz CT molecular complexity index is 191. The van der Waals surface area contributed by atoms with Crippen LogP contribution in [0.15, 0.2) is 0 Å². The SMILES string of the molecule is CN1CN(C2CCCS2)C(=S)N1. The highest BCUT2D eigenvalue weighted by Gasteiger charge is 2.30. The number of nitrogens with zero attached hydrogens (tertiary/aromatic N) is 2. The summed E-state index contributed by atoms with van der Waals surface area (Å²) in [5.74, 6) is 1.29. The van der Waals surface area contributed by atoms with E-state index in [1.165, 1.54) is 18.6 Å². The molecule has 12 heavy (non-hydrogen) atoms. The molecule has 1 atom stereocenters. The van der Waals surface area contributed by atoms with Gasteiger partial charge in [-0.05, 0) is 30.8 Å². The lowest BCUT2D eigenvalue weighted by Gasteiger charge is -2.22. The summed E-state index contributed by atoms with van der Waals surface area (Å²) in [5.41, 5.74) is 3.12. The largest absolute Gasteiger partial charge is 0.322 e. The smallest absolute Gasteiger partial charge is 0.185 e. The fraction of sp³-hybridized carbons (Fsp3) is 0.857. The van der Waals surface area contributed by atoms with Gasteiger partial charge in [0.15, 0.2) is 5.11 Å². The van der Waals surface area contributed by atoms with Crippen molar-refractivity contribution < 1.29 is 0 Å². The molecule has 0 saturated carbocycles. The van der Waals surface area contributed by atoms with Gasteiger partial charge in [0.05, 0.1) is 12.0 Å². The van der Waals surface area contributed by atoms with Crippen LogP contribution in [0, 0.1) is 0 Å². The van der Waals surface area contributed by atoms with E-state index in [1.54, 1.807) is 0 Å². The molecular formula is C7H13N3S2. The number of thiocarbonyl (C=S) groups is 1. The van der Waals surface area contributed by atoms with Gasteiger partial charge in [-0.1, -0.05) is 0 Å². The van der Waals surface area contributed by atoms with Crippen LogP contribution in [0.2, 0.25) is 0 Å². The molecule has 2 saturated heterocycles. The zero-order valence-electron chi connectivity index (χ0n) is 7.12. The highest BCUT2D eigenvalue weighted by Crippen LogP contribution is 2.30. The zero-order chi connectivity index (χ0) is 8.55. The van der Waals surface area contributed by atoms with Gasteiger partial charge in [-0.15, -0.1) is 11.8 Å². The van der Waals surface area contributed by atoms with Gasteiger partial charge < -0.3 is 4.90 Å². The highest BCUT2D eigenvalue weighted by atomic mass is 32.2. The molecule has 2 aliphatic rings. The van der Waals surface area contributed by atoms with E-state index >= 15 is 0 Å². The van der Waals surface area contributed by atoms with Crippen LogP contribution in [0.25, 0.3) is 0 Å². The van der Waals surface area contributed by atoms with Crippen molar-refractivity contribution in [3.05, 3.63) is 0 Å². The molecule has 2 rings (SSSR count). The van der Waals surface area contributed by atoms with Crippen molar-refractivity contribution >= 4 is 29.1 Å². The normalized spacial score (nSPS) is 31.2. The third kappa shape index (κ3) is 1.53. The number of hydrogen-bond acceptors (Lipinski definition) is 3. The Labute approximate surface area is 82.4 Å². The van der Waals surface area contributed by atoms with Gasteiger partial charge in [0.1, 0.15) is 0 Å². The minimum absolute atomic E-state index is 0.620. The van der Waals surface area contributed by atoms with Crippen LogP contribution >= 0.6 is 24.0 Å². The van der Waals surface area contributed by atoms with Crippen LogP contribution in [0.5, 0.6) is 0 Å². The summed E-state index contributed by atoms with van der Waals surface area (Å²) in [5, 5.41) is 3.54. The number of hydrazine groups is 1. The summed E-state index contributed by atoms with van der Waals surface area (Å²) < 4.78 is 0. The topological polar surface area (TPSA) is 18.5 Å². The van der Waals surface area contributed by atoms with E-state index < -0.39 is 0 Å². The van der Waals surface area contributed by atoms with Crippen molar-refractivity contribution in [3.63, 3.8) is 0 Å². The number of nitrogens with one attached hydrogen (secondary N) is 1. The van der Waals surface area contributed by atoms with E-state index in [2.05, 4.69) is 10.3 Å². The fourth-order valence-electron chi connectivity index (χ4n) is 1.58. The van der Waals surface area contributed by atoms with Crippen LogP contribution in [-0.2, 0) is 0 Å². The maximum atomic E-state index is 5.21. The number of thioether (sulfide) groups is 1. The maximum absolute atomic E-state index is 5.21. The van der Waals surface area contributed by atoms with Gasteiger partial charge in [-0.25, -0.2) is 5.01 Å². The van der Waals surface area contributed by atoms with E-state index in [1.807, 2.05) is 23.8 Å². The third-order valence-corrected chi connectivity index (χ3v) is 3.89. The van der Waals surface area contributed by atoms with Crippen LogP contribution in [0.1, 0.15) is 12.8 Å². The molecular weight excluding hydrogens is 190 g/mol. The Morgan fingerprint density at radius 1 is 1.67 bits per heavy atom. The summed E-state index contributed by atoms with van der Waals surface area (Å²) in [6, 6.07) is 0. The molecule has 5 heteroatoms. The summed E-state index contributed by atoms with van der Waals surface area (Å²) >= 11 is 7.23. The molecule has 2 fully saturated rings. The molecule has 2 aliphatic heterocycles. The Morgan fingerprint density at radius 3 is 3.00 bits per heavy atom. The molecule has 68 valence electrons. The number of rotatable bonds is 1. The minimum Gasteiger partial charge on any atom is -0.322 e.